The van der Waals surface area contributed by atoms with Crippen molar-refractivity contribution in [2.24, 2.45) is 0 Å². The molecule has 8 heteroatoms. The van der Waals surface area contributed by atoms with E-state index >= 15 is 0 Å². The SMILES string of the molecule is CC.CC(O)c1cc(C(F)(F)F)cc(C(F)(F)F)c1.Fc1ccc(C2CCCC2)cc1. The number of benzene rings is 2. The van der Waals surface area contributed by atoms with Gasteiger partial charge in [-0.25, -0.2) is 4.39 Å². The monoisotopic (exact) mass is 452 g/mol. The molecule has 0 heterocycles. The van der Waals surface area contributed by atoms with Crippen LogP contribution in [0.4, 0.5) is 30.7 Å². The molecular weight excluding hydrogens is 425 g/mol. The zero-order valence-electron chi connectivity index (χ0n) is 17.6. The van der Waals surface area contributed by atoms with Gasteiger partial charge in [-0.3, -0.25) is 0 Å². The second-order valence-corrected chi connectivity index (χ2v) is 7.05. The number of alkyl halides is 6. The lowest BCUT2D eigenvalue weighted by Crippen LogP contribution is -2.12. The molecule has 1 N–H and O–H groups in total. The quantitative estimate of drug-likeness (QED) is 0.455. The van der Waals surface area contributed by atoms with E-state index in [1.165, 1.54) is 31.2 Å². The molecule has 0 bridgehead atoms. The van der Waals surface area contributed by atoms with Gasteiger partial charge >= 0.3 is 12.4 Å². The first kappa shape index (κ1) is 26.9. The minimum atomic E-state index is -4.88. The molecule has 1 atom stereocenters. The van der Waals surface area contributed by atoms with Crippen molar-refractivity contribution in [3.8, 4) is 0 Å². The first-order valence-corrected chi connectivity index (χ1v) is 10.1. The van der Waals surface area contributed by atoms with Crippen LogP contribution in [-0.4, -0.2) is 5.11 Å². The van der Waals surface area contributed by atoms with Gasteiger partial charge in [0.25, 0.3) is 0 Å². The molecule has 3 rings (SSSR count). The molecule has 2 aromatic rings. The number of hydrogen-bond donors (Lipinski definition) is 1. The Balaban J connectivity index is 0.000000300. The van der Waals surface area contributed by atoms with Crippen molar-refractivity contribution in [2.75, 3.05) is 0 Å². The highest BCUT2D eigenvalue weighted by molar-refractivity contribution is 5.34. The maximum absolute atomic E-state index is 12.6. The first-order chi connectivity index (χ1) is 14.4. The lowest BCUT2D eigenvalue weighted by molar-refractivity contribution is -0.143. The number of aliphatic hydroxyl groups excluding tert-OH is 1. The Morgan fingerprint density at radius 1 is 0.806 bits per heavy atom. The summed E-state index contributed by atoms with van der Waals surface area (Å²) in [7, 11) is 0. The molecule has 0 amide bonds. The first-order valence-electron chi connectivity index (χ1n) is 10.1. The average molecular weight is 452 g/mol. The standard InChI is InChI=1S/C11H13F.C10H8F6O.C2H6/c12-11-7-5-10(6-8-11)9-3-1-2-4-9;1-5(17)6-2-7(9(11,12)13)4-8(3-6)10(14,15)16;1-2/h5-9H,1-4H2;2-5,17H,1H3;1-2H3. The topological polar surface area (TPSA) is 20.2 Å². The van der Waals surface area contributed by atoms with Crippen LogP contribution in [0, 0.1) is 5.82 Å². The molecule has 0 aromatic heterocycles. The molecule has 1 fully saturated rings. The van der Waals surface area contributed by atoms with E-state index in [2.05, 4.69) is 0 Å². The summed E-state index contributed by atoms with van der Waals surface area (Å²) in [5.74, 6) is 0.572. The Morgan fingerprint density at radius 3 is 1.58 bits per heavy atom. The van der Waals surface area contributed by atoms with E-state index in [4.69, 9.17) is 5.11 Å². The van der Waals surface area contributed by atoms with Gasteiger partial charge in [-0.1, -0.05) is 38.8 Å². The molecule has 1 saturated carbocycles. The molecule has 0 radical (unpaired) electrons. The zero-order chi connectivity index (χ0) is 23.8. The Hall–Kier alpha value is -2.09. The predicted molar refractivity (Wildman–Crippen MR) is 106 cm³/mol. The highest BCUT2D eigenvalue weighted by atomic mass is 19.4. The molecule has 1 unspecified atom stereocenters. The van der Waals surface area contributed by atoms with Crippen LogP contribution in [0.5, 0.6) is 0 Å². The van der Waals surface area contributed by atoms with Crippen LogP contribution in [0.2, 0.25) is 0 Å². The van der Waals surface area contributed by atoms with E-state index in [0.29, 0.717) is 18.1 Å². The summed E-state index contributed by atoms with van der Waals surface area (Å²) in [4.78, 5) is 0. The maximum atomic E-state index is 12.6. The van der Waals surface area contributed by atoms with Crippen molar-refractivity contribution in [3.05, 3.63) is 70.5 Å². The molecule has 1 aliphatic rings. The highest BCUT2D eigenvalue weighted by Gasteiger charge is 2.37. The maximum Gasteiger partial charge on any atom is 0.416 e. The summed E-state index contributed by atoms with van der Waals surface area (Å²) in [5.41, 5.74) is -1.97. The van der Waals surface area contributed by atoms with E-state index in [1.807, 2.05) is 26.0 Å². The van der Waals surface area contributed by atoms with Gasteiger partial charge in [0.15, 0.2) is 0 Å². The molecule has 0 spiro atoms. The van der Waals surface area contributed by atoms with Crippen molar-refractivity contribution in [1.82, 2.24) is 0 Å². The van der Waals surface area contributed by atoms with Crippen LogP contribution in [0.1, 0.15) is 80.7 Å². The summed E-state index contributed by atoms with van der Waals surface area (Å²) < 4.78 is 86.7. The van der Waals surface area contributed by atoms with Gasteiger partial charge in [-0.15, -0.1) is 0 Å². The van der Waals surface area contributed by atoms with E-state index < -0.39 is 35.1 Å². The van der Waals surface area contributed by atoms with Gasteiger partial charge in [-0.2, -0.15) is 26.3 Å². The van der Waals surface area contributed by atoms with E-state index in [9.17, 15) is 30.7 Å². The zero-order valence-corrected chi connectivity index (χ0v) is 17.6. The lowest BCUT2D eigenvalue weighted by Gasteiger charge is -2.15. The fourth-order valence-electron chi connectivity index (χ4n) is 3.21. The Morgan fingerprint density at radius 2 is 1.23 bits per heavy atom. The third kappa shape index (κ3) is 8.51. The third-order valence-electron chi connectivity index (χ3n) is 4.79. The van der Waals surface area contributed by atoms with Crippen molar-refractivity contribution >= 4 is 0 Å². The largest absolute Gasteiger partial charge is 0.416 e. The van der Waals surface area contributed by atoms with Gasteiger partial charge < -0.3 is 5.11 Å². The average Bonchev–Trinajstić information content (AvgIpc) is 3.24. The van der Waals surface area contributed by atoms with Gasteiger partial charge in [-0.05, 0) is 67.1 Å². The van der Waals surface area contributed by atoms with Gasteiger partial charge in [0, 0.05) is 0 Å². The Bertz CT molecular complexity index is 755. The van der Waals surface area contributed by atoms with Gasteiger partial charge in [0.05, 0.1) is 17.2 Å². The van der Waals surface area contributed by atoms with E-state index in [-0.39, 0.29) is 11.9 Å². The summed E-state index contributed by atoms with van der Waals surface area (Å²) in [5, 5.41) is 9.07. The summed E-state index contributed by atoms with van der Waals surface area (Å²) in [6.07, 6.45) is -5.93. The van der Waals surface area contributed by atoms with Crippen LogP contribution >= 0.6 is 0 Å². The molecule has 0 saturated heterocycles. The summed E-state index contributed by atoms with van der Waals surface area (Å²) >= 11 is 0. The van der Waals surface area contributed by atoms with Crippen molar-refractivity contribution in [3.63, 3.8) is 0 Å². The van der Waals surface area contributed by atoms with Gasteiger partial charge in [0.2, 0.25) is 0 Å². The van der Waals surface area contributed by atoms with Crippen LogP contribution in [0.3, 0.4) is 0 Å². The second-order valence-electron chi connectivity index (χ2n) is 7.05. The van der Waals surface area contributed by atoms with Crippen molar-refractivity contribution < 1.29 is 35.8 Å². The van der Waals surface area contributed by atoms with Crippen LogP contribution in [-0.2, 0) is 12.4 Å². The number of halogens is 7. The van der Waals surface area contributed by atoms with E-state index in [0.717, 1.165) is 6.92 Å². The summed E-state index contributed by atoms with van der Waals surface area (Å²) in [6, 6.07) is 7.99. The molecule has 31 heavy (non-hydrogen) atoms. The normalized spacial score (nSPS) is 15.5. The van der Waals surface area contributed by atoms with E-state index in [1.54, 1.807) is 12.1 Å². The van der Waals surface area contributed by atoms with Crippen LogP contribution in [0.15, 0.2) is 42.5 Å². The summed E-state index contributed by atoms with van der Waals surface area (Å²) in [6.45, 7) is 5.09. The second kappa shape index (κ2) is 11.5. The number of aliphatic hydroxyl groups is 1. The number of hydrogen-bond acceptors (Lipinski definition) is 1. The fourth-order valence-corrected chi connectivity index (χ4v) is 3.21. The Kier molecular flexibility index (Phi) is 10.0. The number of rotatable bonds is 2. The third-order valence-corrected chi connectivity index (χ3v) is 4.79. The molecule has 174 valence electrons. The van der Waals surface area contributed by atoms with Crippen molar-refractivity contribution in [1.29, 1.82) is 0 Å². The highest BCUT2D eigenvalue weighted by Crippen LogP contribution is 2.37. The van der Waals surface area contributed by atoms with Crippen LogP contribution in [0.25, 0.3) is 0 Å². The molecular formula is C23H27F7O. The van der Waals surface area contributed by atoms with Crippen molar-refractivity contribution in [2.45, 2.75) is 70.8 Å². The minimum Gasteiger partial charge on any atom is -0.389 e. The van der Waals surface area contributed by atoms with Gasteiger partial charge in [0.1, 0.15) is 5.82 Å². The molecule has 2 aromatic carbocycles. The lowest BCUT2D eigenvalue weighted by atomic mass is 9.98. The Labute approximate surface area is 177 Å². The molecule has 0 aliphatic heterocycles. The minimum absolute atomic E-state index is 0.0197. The predicted octanol–water partition coefficient (Wildman–Crippen LogP) is 8.29. The smallest absolute Gasteiger partial charge is 0.389 e. The van der Waals surface area contributed by atoms with Crippen LogP contribution < -0.4 is 0 Å². The fraction of sp³-hybridized carbons (Fsp3) is 0.478. The molecule has 1 aliphatic carbocycles. The molecule has 1 nitrogen and oxygen atoms in total.